The number of nitrogens with one attached hydrogen (secondary N) is 1. The van der Waals surface area contributed by atoms with Gasteiger partial charge in [-0.25, -0.2) is 0 Å². The molecular weight excluding hydrogens is 290 g/mol. The Kier molecular flexibility index (Phi) is 4.69. The van der Waals surface area contributed by atoms with Gasteiger partial charge in [-0.3, -0.25) is 9.59 Å². The Morgan fingerprint density at radius 2 is 1.74 bits per heavy atom. The van der Waals surface area contributed by atoms with Crippen LogP contribution in [-0.2, 0) is 9.59 Å². The lowest BCUT2D eigenvalue weighted by Crippen LogP contribution is -2.38. The molecule has 1 amide bonds. The lowest BCUT2D eigenvalue weighted by Gasteiger charge is -2.32. The fourth-order valence-corrected chi connectivity index (χ4v) is 4.10. The maximum absolute atomic E-state index is 12.6. The standard InChI is InChI=1S/C19H25NO3/c1-12-9-10-17(16-8-3-2-7-15(12)16)20-18(21)13-5-4-6-14(11-13)19(22)23/h2-3,7-8,12-14,17H,4-6,9-11H2,1H3,(H,20,21)(H,22,23). The highest BCUT2D eigenvalue weighted by molar-refractivity contribution is 5.80. The number of benzene rings is 1. The van der Waals surface area contributed by atoms with Crippen molar-refractivity contribution in [1.29, 1.82) is 0 Å². The molecule has 0 radical (unpaired) electrons. The van der Waals surface area contributed by atoms with E-state index in [1.165, 1.54) is 11.1 Å². The van der Waals surface area contributed by atoms with Gasteiger partial charge in [-0.1, -0.05) is 37.6 Å². The van der Waals surface area contributed by atoms with Crippen molar-refractivity contribution in [2.75, 3.05) is 0 Å². The van der Waals surface area contributed by atoms with Gasteiger partial charge in [0.1, 0.15) is 0 Å². The second-order valence-corrected chi connectivity index (χ2v) is 7.07. The topological polar surface area (TPSA) is 66.4 Å². The molecule has 0 saturated heterocycles. The molecule has 0 spiro atoms. The number of hydrogen-bond donors (Lipinski definition) is 2. The summed E-state index contributed by atoms with van der Waals surface area (Å²) >= 11 is 0. The first kappa shape index (κ1) is 16.0. The van der Waals surface area contributed by atoms with Gasteiger partial charge >= 0.3 is 5.97 Å². The Labute approximate surface area is 137 Å². The predicted octanol–water partition coefficient (Wildman–Crippen LogP) is 3.63. The summed E-state index contributed by atoms with van der Waals surface area (Å²) in [6.45, 7) is 2.23. The Hall–Kier alpha value is -1.84. The van der Waals surface area contributed by atoms with Crippen molar-refractivity contribution in [3.05, 3.63) is 35.4 Å². The van der Waals surface area contributed by atoms with Crippen LogP contribution < -0.4 is 5.32 Å². The molecule has 1 fully saturated rings. The summed E-state index contributed by atoms with van der Waals surface area (Å²) in [4.78, 5) is 23.8. The second-order valence-electron chi connectivity index (χ2n) is 7.07. The van der Waals surface area contributed by atoms with Crippen molar-refractivity contribution >= 4 is 11.9 Å². The van der Waals surface area contributed by atoms with Crippen LogP contribution in [-0.4, -0.2) is 17.0 Å². The first-order valence-electron chi connectivity index (χ1n) is 8.68. The Morgan fingerprint density at radius 1 is 1.04 bits per heavy atom. The molecule has 3 rings (SSSR count). The highest BCUT2D eigenvalue weighted by Gasteiger charge is 2.33. The molecule has 4 heteroatoms. The minimum atomic E-state index is -0.765. The third-order valence-electron chi connectivity index (χ3n) is 5.50. The minimum absolute atomic E-state index is 0.0327. The van der Waals surface area contributed by atoms with E-state index in [1.807, 2.05) is 6.07 Å². The van der Waals surface area contributed by atoms with Gasteiger partial charge < -0.3 is 10.4 Å². The van der Waals surface area contributed by atoms with Crippen LogP contribution in [0.3, 0.4) is 0 Å². The average Bonchev–Trinajstić information content (AvgIpc) is 2.57. The molecule has 2 aliphatic rings. The quantitative estimate of drug-likeness (QED) is 0.895. The maximum atomic E-state index is 12.6. The largest absolute Gasteiger partial charge is 0.481 e. The number of aliphatic carboxylic acids is 1. The minimum Gasteiger partial charge on any atom is -0.481 e. The Morgan fingerprint density at radius 3 is 2.48 bits per heavy atom. The molecule has 1 aromatic carbocycles. The van der Waals surface area contributed by atoms with E-state index < -0.39 is 5.97 Å². The molecule has 23 heavy (non-hydrogen) atoms. The number of carboxylic acids is 1. The monoisotopic (exact) mass is 315 g/mol. The molecular formula is C19H25NO3. The van der Waals surface area contributed by atoms with Crippen LogP contribution in [0, 0.1) is 11.8 Å². The van der Waals surface area contributed by atoms with Crippen LogP contribution in [0.25, 0.3) is 0 Å². The van der Waals surface area contributed by atoms with Crippen molar-refractivity contribution < 1.29 is 14.7 Å². The van der Waals surface area contributed by atoms with Gasteiger partial charge in [-0.05, 0) is 49.1 Å². The first-order chi connectivity index (χ1) is 11.1. The van der Waals surface area contributed by atoms with Gasteiger partial charge in [0, 0.05) is 5.92 Å². The average molecular weight is 315 g/mol. The summed E-state index contributed by atoms with van der Waals surface area (Å²) in [5.74, 6) is -0.718. The van der Waals surface area contributed by atoms with E-state index >= 15 is 0 Å². The molecule has 4 unspecified atom stereocenters. The van der Waals surface area contributed by atoms with Crippen molar-refractivity contribution in [3.63, 3.8) is 0 Å². The molecule has 0 bridgehead atoms. The number of carbonyl (C=O) groups is 2. The molecule has 0 heterocycles. The molecule has 0 aliphatic heterocycles. The summed E-state index contributed by atoms with van der Waals surface area (Å²) in [5, 5.41) is 12.4. The van der Waals surface area contributed by atoms with Crippen LogP contribution in [0.15, 0.2) is 24.3 Å². The summed E-state index contributed by atoms with van der Waals surface area (Å²) in [7, 11) is 0. The van der Waals surface area contributed by atoms with Gasteiger partial charge in [-0.2, -0.15) is 0 Å². The fourth-order valence-electron chi connectivity index (χ4n) is 4.10. The fraction of sp³-hybridized carbons (Fsp3) is 0.579. The van der Waals surface area contributed by atoms with Gasteiger partial charge in [-0.15, -0.1) is 0 Å². The van der Waals surface area contributed by atoms with Crippen molar-refractivity contribution in [2.45, 2.75) is 57.4 Å². The van der Waals surface area contributed by atoms with Crippen LogP contribution in [0.1, 0.15) is 68.5 Å². The third-order valence-corrected chi connectivity index (χ3v) is 5.50. The number of fused-ring (bicyclic) bond motifs is 1. The van der Waals surface area contributed by atoms with E-state index in [0.717, 1.165) is 25.7 Å². The van der Waals surface area contributed by atoms with E-state index in [4.69, 9.17) is 0 Å². The molecule has 1 aromatic rings. The van der Waals surface area contributed by atoms with Gasteiger partial charge in [0.25, 0.3) is 0 Å². The molecule has 1 saturated carbocycles. The van der Waals surface area contributed by atoms with E-state index in [0.29, 0.717) is 18.8 Å². The van der Waals surface area contributed by atoms with Gasteiger partial charge in [0.15, 0.2) is 0 Å². The first-order valence-corrected chi connectivity index (χ1v) is 8.68. The molecule has 4 atom stereocenters. The zero-order valence-electron chi connectivity index (χ0n) is 13.6. The van der Waals surface area contributed by atoms with Gasteiger partial charge in [0.05, 0.1) is 12.0 Å². The van der Waals surface area contributed by atoms with Crippen LogP contribution in [0.5, 0.6) is 0 Å². The summed E-state index contributed by atoms with van der Waals surface area (Å²) < 4.78 is 0. The number of hydrogen-bond acceptors (Lipinski definition) is 2. The zero-order chi connectivity index (χ0) is 16.4. The number of carbonyl (C=O) groups excluding carboxylic acids is 1. The number of amides is 1. The number of carboxylic acid groups (broad SMARTS) is 1. The highest BCUT2D eigenvalue weighted by Crippen LogP contribution is 2.37. The summed E-state index contributed by atoms with van der Waals surface area (Å²) in [5.41, 5.74) is 2.56. The molecule has 2 aliphatic carbocycles. The van der Waals surface area contributed by atoms with Crippen molar-refractivity contribution in [2.24, 2.45) is 11.8 Å². The molecule has 4 nitrogen and oxygen atoms in total. The lowest BCUT2D eigenvalue weighted by molar-refractivity contribution is -0.144. The molecule has 2 N–H and O–H groups in total. The summed E-state index contributed by atoms with van der Waals surface area (Å²) in [6, 6.07) is 8.41. The molecule has 0 aromatic heterocycles. The van der Waals surface area contributed by atoms with E-state index in [1.54, 1.807) is 0 Å². The number of rotatable bonds is 3. The maximum Gasteiger partial charge on any atom is 0.306 e. The highest BCUT2D eigenvalue weighted by atomic mass is 16.4. The van der Waals surface area contributed by atoms with E-state index in [9.17, 15) is 14.7 Å². The van der Waals surface area contributed by atoms with E-state index in [-0.39, 0.29) is 23.8 Å². The zero-order valence-corrected chi connectivity index (χ0v) is 13.6. The Bertz CT molecular complexity index is 598. The second kappa shape index (κ2) is 6.73. The third kappa shape index (κ3) is 3.41. The van der Waals surface area contributed by atoms with Gasteiger partial charge in [0.2, 0.25) is 5.91 Å². The van der Waals surface area contributed by atoms with Crippen molar-refractivity contribution in [1.82, 2.24) is 5.32 Å². The SMILES string of the molecule is CC1CCC(NC(=O)C2CCCC(C(=O)O)C2)c2ccccc21. The molecule has 124 valence electrons. The summed E-state index contributed by atoms with van der Waals surface area (Å²) in [6.07, 6.45) is 4.84. The van der Waals surface area contributed by atoms with Crippen LogP contribution in [0.4, 0.5) is 0 Å². The Balaban J connectivity index is 1.69. The van der Waals surface area contributed by atoms with E-state index in [2.05, 4.69) is 30.4 Å². The lowest BCUT2D eigenvalue weighted by atomic mass is 9.79. The van der Waals surface area contributed by atoms with Crippen LogP contribution >= 0.6 is 0 Å². The normalized spacial score (nSPS) is 30.3. The predicted molar refractivity (Wildman–Crippen MR) is 88.1 cm³/mol. The van der Waals surface area contributed by atoms with Crippen molar-refractivity contribution in [3.8, 4) is 0 Å². The smallest absolute Gasteiger partial charge is 0.306 e. The van der Waals surface area contributed by atoms with Crippen LogP contribution in [0.2, 0.25) is 0 Å².